The van der Waals surface area contributed by atoms with Gasteiger partial charge in [-0.15, -0.1) is 0 Å². The summed E-state index contributed by atoms with van der Waals surface area (Å²) in [5, 5.41) is 22.5. The SMILES string of the molecule is Cc1cc(C(=O)N2CCCC2C(=O)O)ccc1-c1cccc2c(CCCOc3cccc4ccccc34)c(C(=O)O)[nH]c12. The Morgan fingerprint density at radius 3 is 2.49 bits per heavy atom. The number of ether oxygens (including phenoxy) is 1. The van der Waals surface area contributed by atoms with Crippen LogP contribution in [0.1, 0.15) is 51.2 Å². The van der Waals surface area contributed by atoms with E-state index >= 15 is 0 Å². The summed E-state index contributed by atoms with van der Waals surface area (Å²) in [4.78, 5) is 41.6. The minimum absolute atomic E-state index is 0.158. The molecule has 1 amide bonds. The normalized spacial score (nSPS) is 14.8. The van der Waals surface area contributed by atoms with E-state index in [0.717, 1.165) is 49.7 Å². The van der Waals surface area contributed by atoms with Crippen LogP contribution in [0.2, 0.25) is 0 Å². The average molecular weight is 577 g/mol. The van der Waals surface area contributed by atoms with Crippen LogP contribution in [0.4, 0.5) is 0 Å². The molecule has 8 heteroatoms. The van der Waals surface area contributed by atoms with E-state index in [1.54, 1.807) is 12.1 Å². The summed E-state index contributed by atoms with van der Waals surface area (Å²) < 4.78 is 6.10. The lowest BCUT2D eigenvalue weighted by molar-refractivity contribution is -0.141. The van der Waals surface area contributed by atoms with Crippen molar-refractivity contribution in [2.75, 3.05) is 13.2 Å². The first-order valence-electron chi connectivity index (χ1n) is 14.5. The molecule has 8 nitrogen and oxygen atoms in total. The van der Waals surface area contributed by atoms with Crippen LogP contribution in [0.25, 0.3) is 32.8 Å². The Bertz CT molecular complexity index is 1870. The summed E-state index contributed by atoms with van der Waals surface area (Å²) in [5.41, 5.74) is 4.57. The molecule has 1 unspecified atom stereocenters. The van der Waals surface area contributed by atoms with E-state index in [9.17, 15) is 24.6 Å². The predicted octanol–water partition coefficient (Wildman–Crippen LogP) is 6.70. The number of fused-ring (bicyclic) bond motifs is 2. The molecular formula is C35H32N2O6. The van der Waals surface area contributed by atoms with Crippen LogP contribution in [0.3, 0.4) is 0 Å². The molecule has 43 heavy (non-hydrogen) atoms. The van der Waals surface area contributed by atoms with E-state index in [-0.39, 0.29) is 11.6 Å². The van der Waals surface area contributed by atoms with Crippen LogP contribution in [-0.4, -0.2) is 57.1 Å². The number of benzene rings is 4. The van der Waals surface area contributed by atoms with Gasteiger partial charge in [0.2, 0.25) is 0 Å². The largest absolute Gasteiger partial charge is 0.493 e. The van der Waals surface area contributed by atoms with Crippen molar-refractivity contribution in [3.8, 4) is 16.9 Å². The van der Waals surface area contributed by atoms with E-state index in [2.05, 4.69) is 4.98 Å². The third-order valence-electron chi connectivity index (χ3n) is 8.30. The maximum atomic E-state index is 13.2. The topological polar surface area (TPSA) is 120 Å². The van der Waals surface area contributed by atoms with Gasteiger partial charge in [0.25, 0.3) is 5.91 Å². The second-order valence-corrected chi connectivity index (χ2v) is 11.0. The Hall–Kier alpha value is -5.11. The Balaban J connectivity index is 1.25. The van der Waals surface area contributed by atoms with Crippen molar-refractivity contribution in [1.29, 1.82) is 0 Å². The molecular weight excluding hydrogens is 544 g/mol. The summed E-state index contributed by atoms with van der Waals surface area (Å²) in [6.45, 7) is 2.76. The van der Waals surface area contributed by atoms with Crippen LogP contribution in [0.15, 0.2) is 78.9 Å². The summed E-state index contributed by atoms with van der Waals surface area (Å²) >= 11 is 0. The predicted molar refractivity (Wildman–Crippen MR) is 165 cm³/mol. The number of carboxylic acid groups (broad SMARTS) is 2. The van der Waals surface area contributed by atoms with Crippen molar-refractivity contribution < 1.29 is 29.3 Å². The number of carbonyl (C=O) groups is 3. The molecule has 4 aromatic carbocycles. The number of nitrogens with zero attached hydrogens (tertiary/aromatic N) is 1. The number of likely N-dealkylation sites (tertiary alicyclic amines) is 1. The van der Waals surface area contributed by atoms with Crippen LogP contribution in [0.5, 0.6) is 5.75 Å². The molecule has 0 radical (unpaired) electrons. The number of carbonyl (C=O) groups excluding carboxylic acids is 1. The smallest absolute Gasteiger partial charge is 0.352 e. The highest BCUT2D eigenvalue weighted by Crippen LogP contribution is 2.35. The van der Waals surface area contributed by atoms with E-state index in [1.165, 1.54) is 4.90 Å². The molecule has 1 aromatic heterocycles. The fourth-order valence-electron chi connectivity index (χ4n) is 6.22. The average Bonchev–Trinajstić information content (AvgIpc) is 3.65. The van der Waals surface area contributed by atoms with Gasteiger partial charge in [-0.3, -0.25) is 4.79 Å². The summed E-state index contributed by atoms with van der Waals surface area (Å²) in [6, 6.07) is 24.3. The molecule has 1 atom stereocenters. The third kappa shape index (κ3) is 5.32. The second kappa shape index (κ2) is 11.6. The van der Waals surface area contributed by atoms with Crippen molar-refractivity contribution in [2.24, 2.45) is 0 Å². The standard InChI is InChI=1S/C35H32N2O6/c1-21-20-23(33(38)37-18-6-14-29(37)34(39)40)16-17-24(21)26-11-5-12-27-28(32(35(41)42)36-31(26)27)13-7-19-43-30-15-4-9-22-8-2-3-10-25(22)30/h2-5,8-12,15-17,20,29,36H,6-7,13-14,18-19H2,1H3,(H,39,40)(H,41,42). The highest BCUT2D eigenvalue weighted by Gasteiger charge is 2.34. The zero-order valence-corrected chi connectivity index (χ0v) is 23.8. The lowest BCUT2D eigenvalue weighted by Crippen LogP contribution is -2.40. The maximum absolute atomic E-state index is 13.2. The van der Waals surface area contributed by atoms with Gasteiger partial charge in [-0.05, 0) is 72.9 Å². The highest BCUT2D eigenvalue weighted by atomic mass is 16.5. The van der Waals surface area contributed by atoms with Crippen molar-refractivity contribution in [2.45, 2.75) is 38.6 Å². The Labute approximate surface area is 248 Å². The van der Waals surface area contributed by atoms with E-state index < -0.39 is 18.0 Å². The zero-order valence-electron chi connectivity index (χ0n) is 23.8. The number of aromatic carboxylic acids is 1. The summed E-state index contributed by atoms with van der Waals surface area (Å²) in [5.74, 6) is -1.50. The molecule has 0 bridgehead atoms. The first kappa shape index (κ1) is 28.0. The molecule has 1 aliphatic heterocycles. The van der Waals surface area contributed by atoms with Crippen LogP contribution in [-0.2, 0) is 11.2 Å². The Morgan fingerprint density at radius 1 is 0.930 bits per heavy atom. The van der Waals surface area contributed by atoms with Crippen LogP contribution < -0.4 is 4.74 Å². The molecule has 6 rings (SSSR count). The molecule has 0 saturated carbocycles. The van der Waals surface area contributed by atoms with Gasteiger partial charge in [-0.25, -0.2) is 9.59 Å². The molecule has 3 N–H and O–H groups in total. The maximum Gasteiger partial charge on any atom is 0.352 e. The molecule has 5 aromatic rings. The lowest BCUT2D eigenvalue weighted by Gasteiger charge is -2.22. The number of para-hydroxylation sites is 1. The molecule has 1 saturated heterocycles. The molecule has 0 aliphatic carbocycles. The van der Waals surface area contributed by atoms with Gasteiger partial charge in [0.05, 0.1) is 12.1 Å². The van der Waals surface area contributed by atoms with Gasteiger partial charge >= 0.3 is 11.9 Å². The molecule has 1 fully saturated rings. The number of hydrogen-bond acceptors (Lipinski definition) is 4. The number of aryl methyl sites for hydroxylation is 2. The zero-order chi connectivity index (χ0) is 30.1. The number of nitrogens with one attached hydrogen (secondary N) is 1. The number of H-pyrrole nitrogens is 1. The fraction of sp³-hybridized carbons (Fsp3) is 0.229. The molecule has 218 valence electrons. The second-order valence-electron chi connectivity index (χ2n) is 11.0. The van der Waals surface area contributed by atoms with E-state index in [1.807, 2.05) is 73.7 Å². The Morgan fingerprint density at radius 2 is 1.70 bits per heavy atom. The summed E-state index contributed by atoms with van der Waals surface area (Å²) in [6.07, 6.45) is 2.27. The van der Waals surface area contributed by atoms with Gasteiger partial charge in [0, 0.05) is 28.4 Å². The van der Waals surface area contributed by atoms with Gasteiger partial charge < -0.3 is 24.8 Å². The number of aromatic amines is 1. The van der Waals surface area contributed by atoms with Crippen molar-refractivity contribution in [3.63, 3.8) is 0 Å². The van der Waals surface area contributed by atoms with E-state index in [4.69, 9.17) is 4.74 Å². The van der Waals surface area contributed by atoms with Crippen LogP contribution >= 0.6 is 0 Å². The van der Waals surface area contributed by atoms with Crippen molar-refractivity contribution >= 4 is 39.5 Å². The number of aromatic nitrogens is 1. The van der Waals surface area contributed by atoms with Gasteiger partial charge in [0.15, 0.2) is 0 Å². The summed E-state index contributed by atoms with van der Waals surface area (Å²) in [7, 11) is 0. The Kier molecular flexibility index (Phi) is 7.59. The van der Waals surface area contributed by atoms with Crippen molar-refractivity contribution in [1.82, 2.24) is 9.88 Å². The van der Waals surface area contributed by atoms with E-state index in [0.29, 0.717) is 44.4 Å². The fourth-order valence-corrected chi connectivity index (χ4v) is 6.22. The molecule has 1 aliphatic rings. The quantitative estimate of drug-likeness (QED) is 0.168. The van der Waals surface area contributed by atoms with Gasteiger partial charge in [-0.1, -0.05) is 60.7 Å². The third-order valence-corrected chi connectivity index (χ3v) is 8.30. The van der Waals surface area contributed by atoms with Gasteiger partial charge in [0.1, 0.15) is 17.5 Å². The highest BCUT2D eigenvalue weighted by molar-refractivity contribution is 6.04. The monoisotopic (exact) mass is 576 g/mol. The number of aliphatic carboxylic acids is 1. The minimum Gasteiger partial charge on any atom is -0.493 e. The number of hydrogen-bond donors (Lipinski definition) is 3. The number of amides is 1. The minimum atomic E-state index is -1.02. The number of rotatable bonds is 9. The van der Waals surface area contributed by atoms with Gasteiger partial charge in [-0.2, -0.15) is 0 Å². The van der Waals surface area contributed by atoms with Crippen molar-refractivity contribution in [3.05, 3.63) is 101 Å². The lowest BCUT2D eigenvalue weighted by atomic mass is 9.95. The molecule has 0 spiro atoms. The molecule has 2 heterocycles. The number of carboxylic acids is 2. The van der Waals surface area contributed by atoms with Crippen LogP contribution in [0, 0.1) is 6.92 Å². The first-order chi connectivity index (χ1) is 20.8. The first-order valence-corrected chi connectivity index (χ1v) is 14.5.